The summed E-state index contributed by atoms with van der Waals surface area (Å²) in [6.07, 6.45) is 2.53. The average molecular weight is 334 g/mol. The fourth-order valence-electron chi connectivity index (χ4n) is 3.39. The molecule has 2 atom stereocenters. The Hall–Kier alpha value is -1.00. The van der Waals surface area contributed by atoms with Crippen molar-refractivity contribution in [2.24, 2.45) is 17.8 Å². The van der Waals surface area contributed by atoms with E-state index in [1.165, 1.54) is 0 Å². The molecular formula is C18H29F3O2. The molecule has 0 aromatic carbocycles. The minimum atomic E-state index is -4.33. The summed E-state index contributed by atoms with van der Waals surface area (Å²) in [6.45, 7) is 3.69. The maximum atomic E-state index is 12.8. The van der Waals surface area contributed by atoms with Crippen molar-refractivity contribution in [1.29, 1.82) is 0 Å². The van der Waals surface area contributed by atoms with Gasteiger partial charge >= 0.3 is 6.18 Å². The van der Waals surface area contributed by atoms with Gasteiger partial charge in [0.2, 0.25) is 0 Å². The third kappa shape index (κ3) is 7.89. The molecule has 1 aliphatic rings. The lowest BCUT2D eigenvalue weighted by Crippen LogP contribution is -2.22. The van der Waals surface area contributed by atoms with Crippen molar-refractivity contribution < 1.29 is 23.1 Å². The smallest absolute Gasteiger partial charge is 0.389 e. The number of allylic oxidation sites excluding steroid dienone is 2. The predicted octanol–water partition coefficient (Wildman–Crippen LogP) is 5.97. The standard InChI is InChI=1S/C18H29F3O2/c1-3-7-13(2)16(22)11-17(23)15(12-18(19,20)21)10-14-8-5-4-6-9-14/h11,13-15,23H,3-10,12H2,1-2H3. The second-order valence-corrected chi connectivity index (χ2v) is 6.92. The Bertz CT molecular complexity index is 396. The largest absolute Gasteiger partial charge is 0.512 e. The van der Waals surface area contributed by atoms with Crippen molar-refractivity contribution in [3.63, 3.8) is 0 Å². The molecule has 23 heavy (non-hydrogen) atoms. The van der Waals surface area contributed by atoms with Crippen LogP contribution in [0.4, 0.5) is 13.2 Å². The lowest BCUT2D eigenvalue weighted by Gasteiger charge is -2.27. The second-order valence-electron chi connectivity index (χ2n) is 6.92. The average Bonchev–Trinajstić information content (AvgIpc) is 2.46. The number of hydrogen-bond donors (Lipinski definition) is 1. The first-order valence-electron chi connectivity index (χ1n) is 8.74. The second kappa shape index (κ2) is 9.33. The van der Waals surface area contributed by atoms with Crippen molar-refractivity contribution in [3.8, 4) is 0 Å². The van der Waals surface area contributed by atoms with Crippen LogP contribution < -0.4 is 0 Å². The molecule has 134 valence electrons. The van der Waals surface area contributed by atoms with Crippen molar-refractivity contribution in [2.75, 3.05) is 0 Å². The van der Waals surface area contributed by atoms with Gasteiger partial charge in [-0.15, -0.1) is 0 Å². The van der Waals surface area contributed by atoms with Crippen LogP contribution in [0.15, 0.2) is 11.8 Å². The van der Waals surface area contributed by atoms with Crippen LogP contribution >= 0.6 is 0 Å². The zero-order valence-electron chi connectivity index (χ0n) is 14.2. The zero-order valence-corrected chi connectivity index (χ0v) is 14.2. The van der Waals surface area contributed by atoms with Crippen LogP contribution in [-0.4, -0.2) is 17.1 Å². The molecule has 0 aliphatic heterocycles. The number of aliphatic hydroxyl groups excluding tert-OH is 1. The van der Waals surface area contributed by atoms with E-state index in [0.717, 1.165) is 44.6 Å². The minimum absolute atomic E-state index is 0.217. The van der Waals surface area contributed by atoms with Crippen molar-refractivity contribution >= 4 is 5.78 Å². The number of rotatable bonds is 8. The van der Waals surface area contributed by atoms with Gasteiger partial charge in [-0.05, 0) is 18.8 Å². The van der Waals surface area contributed by atoms with Crippen LogP contribution in [0.3, 0.4) is 0 Å². The van der Waals surface area contributed by atoms with Crippen molar-refractivity contribution in [2.45, 2.75) is 77.8 Å². The molecule has 1 rings (SSSR count). The van der Waals surface area contributed by atoms with Crippen LogP contribution in [0.1, 0.15) is 71.6 Å². The topological polar surface area (TPSA) is 37.3 Å². The molecule has 5 heteroatoms. The monoisotopic (exact) mass is 334 g/mol. The van der Waals surface area contributed by atoms with Gasteiger partial charge in [-0.1, -0.05) is 52.4 Å². The number of alkyl halides is 3. The Labute approximate surface area is 137 Å². The molecule has 0 aromatic heterocycles. The highest BCUT2D eigenvalue weighted by Gasteiger charge is 2.35. The molecule has 1 aliphatic carbocycles. The van der Waals surface area contributed by atoms with E-state index >= 15 is 0 Å². The molecule has 0 aromatic rings. The molecule has 0 spiro atoms. The molecule has 0 heterocycles. The first kappa shape index (κ1) is 20.0. The van der Waals surface area contributed by atoms with Crippen LogP contribution in [0.5, 0.6) is 0 Å². The molecule has 0 bridgehead atoms. The maximum absolute atomic E-state index is 12.8. The molecule has 0 amide bonds. The quantitative estimate of drug-likeness (QED) is 0.438. The number of hydrogen-bond acceptors (Lipinski definition) is 2. The van der Waals surface area contributed by atoms with E-state index in [0.29, 0.717) is 12.8 Å². The summed E-state index contributed by atoms with van der Waals surface area (Å²) < 4.78 is 38.4. The van der Waals surface area contributed by atoms with E-state index in [9.17, 15) is 23.1 Å². The summed E-state index contributed by atoms with van der Waals surface area (Å²) in [5.74, 6) is -1.70. The van der Waals surface area contributed by atoms with E-state index in [1.54, 1.807) is 6.92 Å². The number of ketones is 1. The van der Waals surface area contributed by atoms with Crippen molar-refractivity contribution in [3.05, 3.63) is 11.8 Å². The fraction of sp³-hybridized carbons (Fsp3) is 0.833. The van der Waals surface area contributed by atoms with E-state index in [2.05, 4.69) is 0 Å². The van der Waals surface area contributed by atoms with Gasteiger partial charge in [0.1, 0.15) is 0 Å². The van der Waals surface area contributed by atoms with Gasteiger partial charge in [-0.3, -0.25) is 4.79 Å². The third-order valence-corrected chi connectivity index (χ3v) is 4.74. The maximum Gasteiger partial charge on any atom is 0.389 e. The van der Waals surface area contributed by atoms with Crippen molar-refractivity contribution in [1.82, 2.24) is 0 Å². The van der Waals surface area contributed by atoms with Gasteiger partial charge in [0, 0.05) is 17.9 Å². The Kier molecular flexibility index (Phi) is 8.13. The highest BCUT2D eigenvalue weighted by Crippen LogP contribution is 2.36. The van der Waals surface area contributed by atoms with Crippen LogP contribution in [-0.2, 0) is 4.79 Å². The number of aliphatic hydroxyl groups is 1. The van der Waals surface area contributed by atoms with Crippen LogP contribution in [0.25, 0.3) is 0 Å². The van der Waals surface area contributed by atoms with Gasteiger partial charge in [0.05, 0.1) is 12.2 Å². The Morgan fingerprint density at radius 1 is 1.26 bits per heavy atom. The van der Waals surface area contributed by atoms with E-state index in [-0.39, 0.29) is 23.4 Å². The summed E-state index contributed by atoms with van der Waals surface area (Å²) >= 11 is 0. The van der Waals surface area contributed by atoms with Gasteiger partial charge in [0.25, 0.3) is 0 Å². The number of halogens is 3. The molecular weight excluding hydrogens is 305 g/mol. The highest BCUT2D eigenvalue weighted by atomic mass is 19.4. The first-order chi connectivity index (χ1) is 10.7. The normalized spacial score (nSPS) is 20.3. The lowest BCUT2D eigenvalue weighted by molar-refractivity contribution is -0.145. The van der Waals surface area contributed by atoms with Gasteiger partial charge in [0.15, 0.2) is 5.78 Å². The van der Waals surface area contributed by atoms with E-state index < -0.39 is 18.5 Å². The minimum Gasteiger partial charge on any atom is -0.512 e. The molecule has 1 fully saturated rings. The highest BCUT2D eigenvalue weighted by molar-refractivity contribution is 5.91. The van der Waals surface area contributed by atoms with Crippen LogP contribution in [0.2, 0.25) is 0 Å². The number of carbonyl (C=O) groups is 1. The Morgan fingerprint density at radius 3 is 2.39 bits per heavy atom. The van der Waals surface area contributed by atoms with Gasteiger partial charge in [-0.2, -0.15) is 13.2 Å². The number of carbonyl (C=O) groups excluding carboxylic acids is 1. The SMILES string of the molecule is CCCC(C)C(=O)C=C(O)C(CC1CCCCC1)CC(F)(F)F. The Morgan fingerprint density at radius 2 is 1.87 bits per heavy atom. The summed E-state index contributed by atoms with van der Waals surface area (Å²) in [5.41, 5.74) is 0. The van der Waals surface area contributed by atoms with Gasteiger partial charge in [-0.25, -0.2) is 0 Å². The predicted molar refractivity (Wildman–Crippen MR) is 85.1 cm³/mol. The van der Waals surface area contributed by atoms with Gasteiger partial charge < -0.3 is 5.11 Å². The Balaban J connectivity index is 2.78. The molecule has 0 saturated heterocycles. The summed E-state index contributed by atoms with van der Waals surface area (Å²) in [4.78, 5) is 12.0. The molecule has 1 N–H and O–H groups in total. The summed E-state index contributed by atoms with van der Waals surface area (Å²) in [7, 11) is 0. The third-order valence-electron chi connectivity index (χ3n) is 4.74. The zero-order chi connectivity index (χ0) is 17.5. The van der Waals surface area contributed by atoms with E-state index in [4.69, 9.17) is 0 Å². The summed E-state index contributed by atoms with van der Waals surface area (Å²) in [5, 5.41) is 10.1. The lowest BCUT2D eigenvalue weighted by atomic mass is 9.81. The van der Waals surface area contributed by atoms with Crippen LogP contribution in [0, 0.1) is 17.8 Å². The fourth-order valence-corrected chi connectivity index (χ4v) is 3.39. The first-order valence-corrected chi connectivity index (χ1v) is 8.74. The summed E-state index contributed by atoms with van der Waals surface area (Å²) in [6, 6.07) is 0. The van der Waals surface area contributed by atoms with E-state index in [1.807, 2.05) is 6.92 Å². The molecule has 1 saturated carbocycles. The molecule has 2 nitrogen and oxygen atoms in total. The molecule has 2 unspecified atom stereocenters. The molecule has 0 radical (unpaired) electrons.